The first kappa shape index (κ1) is 9.77. The van der Waals surface area contributed by atoms with E-state index >= 15 is 0 Å². The predicted molar refractivity (Wildman–Crippen MR) is 56.7 cm³/mol. The number of hydrogen-bond acceptors (Lipinski definition) is 1. The number of aromatic nitrogens is 1. The average molecular weight is 205 g/mol. The standard InChI is InChI=1S/C12H9F2N/c1-8-4-5-15-11-3-2-9(6-10(8)11)7-12(13)14/h2-7H,1H3. The molecule has 0 unspecified atom stereocenters. The van der Waals surface area contributed by atoms with Crippen molar-refractivity contribution in [2.45, 2.75) is 6.92 Å². The fraction of sp³-hybridized carbons (Fsp3) is 0.0833. The lowest BCUT2D eigenvalue weighted by molar-refractivity contribution is 0.429. The van der Waals surface area contributed by atoms with Crippen LogP contribution in [0.25, 0.3) is 17.0 Å². The number of aryl methyl sites for hydroxylation is 1. The van der Waals surface area contributed by atoms with Crippen molar-refractivity contribution in [3.05, 3.63) is 47.7 Å². The third-order valence-corrected chi connectivity index (χ3v) is 2.26. The molecule has 1 aromatic carbocycles. The van der Waals surface area contributed by atoms with Gasteiger partial charge in [0.25, 0.3) is 6.08 Å². The molecule has 76 valence electrons. The molecule has 15 heavy (non-hydrogen) atoms. The smallest absolute Gasteiger partial charge is 0.256 e. The first-order valence-corrected chi connectivity index (χ1v) is 4.55. The lowest BCUT2D eigenvalue weighted by Gasteiger charge is -2.01. The summed E-state index contributed by atoms with van der Waals surface area (Å²) in [4.78, 5) is 4.15. The van der Waals surface area contributed by atoms with Crippen molar-refractivity contribution in [1.82, 2.24) is 4.98 Å². The highest BCUT2D eigenvalue weighted by atomic mass is 19.3. The molecule has 2 rings (SSSR count). The van der Waals surface area contributed by atoms with E-state index < -0.39 is 6.08 Å². The molecular weight excluding hydrogens is 196 g/mol. The maximum Gasteiger partial charge on any atom is 0.270 e. The molecule has 0 aliphatic carbocycles. The van der Waals surface area contributed by atoms with Gasteiger partial charge in [0.05, 0.1) is 5.52 Å². The van der Waals surface area contributed by atoms with Crippen LogP contribution in [0.15, 0.2) is 36.5 Å². The molecule has 0 aliphatic rings. The highest BCUT2D eigenvalue weighted by molar-refractivity contribution is 5.84. The molecular formula is C12H9F2N. The summed E-state index contributed by atoms with van der Waals surface area (Å²) in [6, 6.07) is 6.96. The van der Waals surface area contributed by atoms with Gasteiger partial charge in [0, 0.05) is 17.7 Å². The molecule has 0 amide bonds. The van der Waals surface area contributed by atoms with Gasteiger partial charge in [0.2, 0.25) is 0 Å². The van der Waals surface area contributed by atoms with E-state index in [-0.39, 0.29) is 0 Å². The molecule has 0 atom stereocenters. The molecule has 0 aliphatic heterocycles. The Kier molecular flexibility index (Phi) is 2.46. The van der Waals surface area contributed by atoms with Gasteiger partial charge in [-0.05, 0) is 36.2 Å². The zero-order chi connectivity index (χ0) is 10.8. The minimum Gasteiger partial charge on any atom is -0.256 e. The second-order valence-corrected chi connectivity index (χ2v) is 3.34. The van der Waals surface area contributed by atoms with E-state index in [0.717, 1.165) is 22.5 Å². The maximum absolute atomic E-state index is 12.1. The van der Waals surface area contributed by atoms with Gasteiger partial charge in [-0.15, -0.1) is 0 Å². The van der Waals surface area contributed by atoms with Crippen molar-refractivity contribution in [2.75, 3.05) is 0 Å². The molecule has 0 spiro atoms. The zero-order valence-electron chi connectivity index (χ0n) is 8.17. The Morgan fingerprint density at radius 2 is 2.07 bits per heavy atom. The number of fused-ring (bicyclic) bond motifs is 1. The van der Waals surface area contributed by atoms with Gasteiger partial charge in [-0.2, -0.15) is 8.78 Å². The molecule has 0 saturated carbocycles. The Morgan fingerprint density at radius 3 is 2.80 bits per heavy atom. The average Bonchev–Trinajstić information content (AvgIpc) is 2.18. The highest BCUT2D eigenvalue weighted by Crippen LogP contribution is 2.19. The zero-order valence-corrected chi connectivity index (χ0v) is 8.17. The van der Waals surface area contributed by atoms with E-state index in [0.29, 0.717) is 5.56 Å². The number of hydrogen-bond donors (Lipinski definition) is 0. The maximum atomic E-state index is 12.1. The van der Waals surface area contributed by atoms with Gasteiger partial charge >= 0.3 is 0 Å². The SMILES string of the molecule is Cc1ccnc2ccc(C=C(F)F)cc12. The number of nitrogens with zero attached hydrogens (tertiary/aromatic N) is 1. The van der Waals surface area contributed by atoms with Gasteiger partial charge in [0.15, 0.2) is 0 Å². The van der Waals surface area contributed by atoms with E-state index in [4.69, 9.17) is 0 Å². The van der Waals surface area contributed by atoms with Crippen LogP contribution in [-0.4, -0.2) is 4.98 Å². The van der Waals surface area contributed by atoms with Crippen molar-refractivity contribution in [2.24, 2.45) is 0 Å². The summed E-state index contributed by atoms with van der Waals surface area (Å²) in [5.41, 5.74) is 2.36. The molecule has 1 nitrogen and oxygen atoms in total. The van der Waals surface area contributed by atoms with E-state index in [1.165, 1.54) is 0 Å². The van der Waals surface area contributed by atoms with Gasteiger partial charge in [-0.1, -0.05) is 6.07 Å². The topological polar surface area (TPSA) is 12.9 Å². The minimum atomic E-state index is -1.68. The summed E-state index contributed by atoms with van der Waals surface area (Å²) < 4.78 is 24.1. The molecule has 0 radical (unpaired) electrons. The van der Waals surface area contributed by atoms with Crippen LogP contribution >= 0.6 is 0 Å². The Hall–Kier alpha value is -1.77. The second-order valence-electron chi connectivity index (χ2n) is 3.34. The van der Waals surface area contributed by atoms with Crippen LogP contribution in [0.4, 0.5) is 8.78 Å². The van der Waals surface area contributed by atoms with Crippen LogP contribution in [0.2, 0.25) is 0 Å². The summed E-state index contributed by atoms with van der Waals surface area (Å²) in [6.45, 7) is 1.93. The summed E-state index contributed by atoms with van der Waals surface area (Å²) in [7, 11) is 0. The van der Waals surface area contributed by atoms with Gasteiger partial charge in [-0.3, -0.25) is 4.98 Å². The molecule has 3 heteroatoms. The number of rotatable bonds is 1. The molecule has 1 heterocycles. The molecule has 2 aromatic rings. The fourth-order valence-electron chi connectivity index (χ4n) is 1.52. The third kappa shape index (κ3) is 2.01. The van der Waals surface area contributed by atoms with Gasteiger partial charge in [0.1, 0.15) is 0 Å². The quantitative estimate of drug-likeness (QED) is 0.690. The summed E-state index contributed by atoms with van der Waals surface area (Å²) in [6.07, 6.45) is 0.880. The Labute approximate surface area is 86.1 Å². The Balaban J connectivity index is 2.65. The first-order valence-electron chi connectivity index (χ1n) is 4.55. The van der Waals surface area contributed by atoms with Crippen LogP contribution < -0.4 is 0 Å². The van der Waals surface area contributed by atoms with Crippen LogP contribution in [0.3, 0.4) is 0 Å². The monoisotopic (exact) mass is 205 g/mol. The fourth-order valence-corrected chi connectivity index (χ4v) is 1.52. The number of benzene rings is 1. The normalized spacial score (nSPS) is 10.3. The van der Waals surface area contributed by atoms with Gasteiger partial charge in [-0.25, -0.2) is 0 Å². The van der Waals surface area contributed by atoms with Crippen molar-refractivity contribution in [3.63, 3.8) is 0 Å². The van der Waals surface area contributed by atoms with E-state index in [2.05, 4.69) is 4.98 Å². The predicted octanol–water partition coefficient (Wildman–Crippen LogP) is 3.78. The number of halogens is 2. The Bertz CT molecular complexity index is 528. The second kappa shape index (κ2) is 3.77. The first-order chi connectivity index (χ1) is 7.16. The summed E-state index contributed by atoms with van der Waals surface area (Å²) >= 11 is 0. The lowest BCUT2D eigenvalue weighted by atomic mass is 10.1. The lowest BCUT2D eigenvalue weighted by Crippen LogP contribution is -1.83. The van der Waals surface area contributed by atoms with Gasteiger partial charge < -0.3 is 0 Å². The Morgan fingerprint density at radius 1 is 1.27 bits per heavy atom. The minimum absolute atomic E-state index is 0.499. The molecule has 0 bridgehead atoms. The van der Waals surface area contributed by atoms with Crippen LogP contribution in [0.1, 0.15) is 11.1 Å². The van der Waals surface area contributed by atoms with Crippen LogP contribution in [0, 0.1) is 6.92 Å². The number of pyridine rings is 1. The third-order valence-electron chi connectivity index (χ3n) is 2.26. The summed E-state index contributed by atoms with van der Waals surface area (Å²) in [5.74, 6) is 0. The molecule has 0 saturated heterocycles. The molecule has 1 aromatic heterocycles. The van der Waals surface area contributed by atoms with E-state index in [1.807, 2.05) is 13.0 Å². The van der Waals surface area contributed by atoms with Crippen molar-refractivity contribution in [1.29, 1.82) is 0 Å². The molecule has 0 N–H and O–H groups in total. The van der Waals surface area contributed by atoms with Crippen LogP contribution in [0.5, 0.6) is 0 Å². The van der Waals surface area contributed by atoms with Crippen molar-refractivity contribution < 1.29 is 8.78 Å². The van der Waals surface area contributed by atoms with E-state index in [9.17, 15) is 8.78 Å². The van der Waals surface area contributed by atoms with Crippen molar-refractivity contribution >= 4 is 17.0 Å². The molecule has 0 fully saturated rings. The highest BCUT2D eigenvalue weighted by Gasteiger charge is 1.99. The van der Waals surface area contributed by atoms with Crippen LogP contribution in [-0.2, 0) is 0 Å². The van der Waals surface area contributed by atoms with Crippen molar-refractivity contribution in [3.8, 4) is 0 Å². The van der Waals surface area contributed by atoms with E-state index in [1.54, 1.807) is 24.4 Å². The largest absolute Gasteiger partial charge is 0.270 e. The summed E-state index contributed by atoms with van der Waals surface area (Å²) in [5, 5.41) is 0.910.